The number of benzene rings is 1. The Morgan fingerprint density at radius 1 is 1.27 bits per heavy atom. The summed E-state index contributed by atoms with van der Waals surface area (Å²) in [5.74, 6) is 0.159. The zero-order valence-corrected chi connectivity index (χ0v) is 14.9. The number of carbonyl (C=O) groups excluding carboxylic acids is 2. The van der Waals surface area contributed by atoms with Crippen LogP contribution in [0.3, 0.4) is 0 Å². The minimum atomic E-state index is -0.193. The predicted octanol–water partition coefficient (Wildman–Crippen LogP) is 3.49. The Kier molecular flexibility index (Phi) is 5.62. The fourth-order valence-corrected chi connectivity index (χ4v) is 2.86. The van der Waals surface area contributed by atoms with Gasteiger partial charge < -0.3 is 10.6 Å². The molecule has 0 heterocycles. The summed E-state index contributed by atoms with van der Waals surface area (Å²) in [5.41, 5.74) is 1.81. The van der Waals surface area contributed by atoms with E-state index in [4.69, 9.17) is 0 Å². The third kappa shape index (κ3) is 4.57. The highest BCUT2D eigenvalue weighted by molar-refractivity contribution is 9.10. The van der Waals surface area contributed by atoms with Gasteiger partial charge in [0.25, 0.3) is 0 Å². The van der Waals surface area contributed by atoms with E-state index in [1.54, 1.807) is 0 Å². The largest absolute Gasteiger partial charge is 0.356 e. The quantitative estimate of drug-likeness (QED) is 0.809. The molecule has 1 aromatic carbocycles. The number of nitrogens with one attached hydrogen (secondary N) is 2. The monoisotopic (exact) mass is 366 g/mol. The smallest absolute Gasteiger partial charge is 0.228 e. The minimum absolute atomic E-state index is 0.00771. The summed E-state index contributed by atoms with van der Waals surface area (Å²) in [4.78, 5) is 24.2. The first-order valence-electron chi connectivity index (χ1n) is 7.73. The lowest BCUT2D eigenvalue weighted by Crippen LogP contribution is -2.28. The van der Waals surface area contributed by atoms with Crippen LogP contribution >= 0.6 is 15.9 Å². The normalized spacial score (nSPS) is 19.9. The van der Waals surface area contributed by atoms with Gasteiger partial charge in [-0.2, -0.15) is 0 Å². The zero-order valence-electron chi connectivity index (χ0n) is 13.3. The molecule has 1 aliphatic carbocycles. The Balaban J connectivity index is 1.81. The number of halogens is 1. The van der Waals surface area contributed by atoms with Crippen molar-refractivity contribution in [3.05, 3.63) is 28.2 Å². The van der Waals surface area contributed by atoms with Gasteiger partial charge in [-0.05, 0) is 49.4 Å². The molecule has 0 saturated heterocycles. The number of hydrogen-bond donors (Lipinski definition) is 2. The van der Waals surface area contributed by atoms with Gasteiger partial charge >= 0.3 is 0 Å². The van der Waals surface area contributed by atoms with Crippen molar-refractivity contribution < 1.29 is 9.59 Å². The van der Waals surface area contributed by atoms with Crippen molar-refractivity contribution in [2.24, 2.45) is 17.8 Å². The van der Waals surface area contributed by atoms with Gasteiger partial charge in [-0.25, -0.2) is 0 Å². The van der Waals surface area contributed by atoms with Gasteiger partial charge in [0.15, 0.2) is 0 Å². The van der Waals surface area contributed by atoms with E-state index in [1.807, 2.05) is 25.1 Å². The Morgan fingerprint density at radius 2 is 1.95 bits per heavy atom. The maximum atomic E-state index is 12.2. The maximum absolute atomic E-state index is 12.2. The Labute approximate surface area is 140 Å². The number of carbonyl (C=O) groups is 2. The highest BCUT2D eigenvalue weighted by Crippen LogP contribution is 2.39. The summed E-state index contributed by atoms with van der Waals surface area (Å²) in [6.07, 6.45) is 1.61. The first-order chi connectivity index (χ1) is 10.4. The Morgan fingerprint density at radius 3 is 2.59 bits per heavy atom. The van der Waals surface area contributed by atoms with Crippen LogP contribution in [0, 0.1) is 24.7 Å². The molecule has 120 valence electrons. The molecule has 0 radical (unpaired) electrons. The van der Waals surface area contributed by atoms with Crippen LogP contribution in [0.2, 0.25) is 0 Å². The van der Waals surface area contributed by atoms with Crippen molar-refractivity contribution in [2.75, 3.05) is 11.9 Å². The predicted molar refractivity (Wildman–Crippen MR) is 91.6 cm³/mol. The van der Waals surface area contributed by atoms with E-state index < -0.39 is 0 Å². The van der Waals surface area contributed by atoms with E-state index >= 15 is 0 Å². The van der Waals surface area contributed by atoms with Crippen LogP contribution in [-0.4, -0.2) is 18.4 Å². The number of hydrogen-bond acceptors (Lipinski definition) is 2. The van der Waals surface area contributed by atoms with Gasteiger partial charge in [-0.1, -0.05) is 29.8 Å². The van der Waals surface area contributed by atoms with Crippen molar-refractivity contribution in [1.82, 2.24) is 5.32 Å². The molecule has 2 rings (SSSR count). The van der Waals surface area contributed by atoms with Gasteiger partial charge in [0.2, 0.25) is 11.8 Å². The van der Waals surface area contributed by atoms with Crippen LogP contribution < -0.4 is 10.6 Å². The van der Waals surface area contributed by atoms with Crippen LogP contribution in [0.25, 0.3) is 0 Å². The van der Waals surface area contributed by atoms with E-state index in [1.165, 1.54) is 0 Å². The van der Waals surface area contributed by atoms with E-state index in [0.717, 1.165) is 22.1 Å². The summed E-state index contributed by atoms with van der Waals surface area (Å²) < 4.78 is 0.983. The van der Waals surface area contributed by atoms with Crippen LogP contribution in [0.5, 0.6) is 0 Å². The molecule has 5 heteroatoms. The first-order valence-corrected chi connectivity index (χ1v) is 8.52. The number of anilines is 1. The number of aryl methyl sites for hydroxylation is 1. The molecule has 0 bridgehead atoms. The molecule has 2 N–H and O–H groups in total. The van der Waals surface area contributed by atoms with Gasteiger partial charge in [-0.3, -0.25) is 9.59 Å². The molecule has 1 fully saturated rings. The van der Waals surface area contributed by atoms with Crippen molar-refractivity contribution in [3.8, 4) is 0 Å². The van der Waals surface area contributed by atoms with Crippen molar-refractivity contribution >= 4 is 33.4 Å². The lowest BCUT2D eigenvalue weighted by Gasteiger charge is -2.09. The molecule has 4 nitrogen and oxygen atoms in total. The summed E-state index contributed by atoms with van der Waals surface area (Å²) in [5, 5.41) is 5.84. The highest BCUT2D eigenvalue weighted by atomic mass is 79.9. The van der Waals surface area contributed by atoms with Crippen LogP contribution in [0.4, 0.5) is 5.69 Å². The lowest BCUT2D eigenvalue weighted by molar-refractivity contribution is -0.125. The lowest BCUT2D eigenvalue weighted by atomic mass is 10.1. The van der Waals surface area contributed by atoms with Crippen molar-refractivity contribution in [3.63, 3.8) is 0 Å². The second-order valence-electron chi connectivity index (χ2n) is 6.37. The average molecular weight is 367 g/mol. The molecule has 1 aliphatic rings. The maximum Gasteiger partial charge on any atom is 0.228 e. The molecule has 2 unspecified atom stereocenters. The zero-order chi connectivity index (χ0) is 16.3. The topological polar surface area (TPSA) is 58.2 Å². The molecular formula is C17H23BrN2O2. The molecule has 0 aromatic heterocycles. The summed E-state index contributed by atoms with van der Waals surface area (Å²) in [7, 11) is 0. The average Bonchev–Trinajstić information content (AvgIpc) is 3.22. The molecule has 1 aromatic rings. The first kappa shape index (κ1) is 17.0. The summed E-state index contributed by atoms with van der Waals surface area (Å²) >= 11 is 3.40. The van der Waals surface area contributed by atoms with E-state index in [9.17, 15) is 9.59 Å². The van der Waals surface area contributed by atoms with Crippen LogP contribution in [-0.2, 0) is 9.59 Å². The molecule has 2 atom stereocenters. The number of amides is 2. The van der Waals surface area contributed by atoms with E-state index in [-0.39, 0.29) is 23.7 Å². The van der Waals surface area contributed by atoms with Gasteiger partial charge in [0, 0.05) is 16.7 Å². The molecule has 0 aliphatic heterocycles. The van der Waals surface area contributed by atoms with Gasteiger partial charge in [0.05, 0.1) is 11.8 Å². The summed E-state index contributed by atoms with van der Waals surface area (Å²) in [6, 6.07) is 5.72. The molecule has 0 spiro atoms. The van der Waals surface area contributed by atoms with Gasteiger partial charge in [-0.15, -0.1) is 0 Å². The van der Waals surface area contributed by atoms with Crippen LogP contribution in [0.15, 0.2) is 22.7 Å². The third-order valence-corrected chi connectivity index (χ3v) is 4.42. The van der Waals surface area contributed by atoms with Crippen LogP contribution in [0.1, 0.15) is 32.3 Å². The fourth-order valence-electron chi connectivity index (χ4n) is 2.38. The van der Waals surface area contributed by atoms with Crippen molar-refractivity contribution in [2.45, 2.75) is 33.6 Å². The van der Waals surface area contributed by atoms with E-state index in [0.29, 0.717) is 18.9 Å². The SMILES string of the molecule is Cc1cc(Br)ccc1NC(=O)C1CC1C(=O)NCCC(C)C. The van der Waals surface area contributed by atoms with E-state index in [2.05, 4.69) is 40.4 Å². The minimum Gasteiger partial charge on any atom is -0.356 e. The number of rotatable bonds is 6. The standard InChI is InChI=1S/C17H23BrN2O2/c1-10(2)6-7-19-16(21)13-9-14(13)17(22)20-15-5-4-12(18)8-11(15)3/h4-5,8,10,13-14H,6-7,9H2,1-3H3,(H,19,21)(H,20,22). The molecule has 22 heavy (non-hydrogen) atoms. The highest BCUT2D eigenvalue weighted by Gasteiger charge is 2.47. The molecular weight excluding hydrogens is 344 g/mol. The second-order valence-corrected chi connectivity index (χ2v) is 7.29. The Bertz CT molecular complexity index is 572. The summed E-state index contributed by atoms with van der Waals surface area (Å²) in [6.45, 7) is 6.89. The second kappa shape index (κ2) is 7.27. The third-order valence-electron chi connectivity index (χ3n) is 3.93. The molecule has 1 saturated carbocycles. The Hall–Kier alpha value is -1.36. The van der Waals surface area contributed by atoms with Crippen molar-refractivity contribution in [1.29, 1.82) is 0 Å². The van der Waals surface area contributed by atoms with Gasteiger partial charge in [0.1, 0.15) is 0 Å². The fraction of sp³-hybridized carbons (Fsp3) is 0.529. The molecule has 2 amide bonds.